The fourth-order valence-electron chi connectivity index (χ4n) is 2.77. The Bertz CT molecular complexity index is 786. The fraction of sp³-hybridized carbons (Fsp3) is 0.636. The molecule has 0 aromatic rings. The van der Waals surface area contributed by atoms with E-state index < -0.39 is 22.3 Å². The lowest BCUT2D eigenvalue weighted by Gasteiger charge is -2.16. The molecule has 3 N–H and O–H groups in total. The summed E-state index contributed by atoms with van der Waals surface area (Å²) in [5.41, 5.74) is 4.86. The molecule has 0 heterocycles. The molecular formula is C22H40O8P2. The monoisotopic (exact) mass is 494 g/mol. The average molecular weight is 495 g/mol. The highest BCUT2D eigenvalue weighted by atomic mass is 31.3. The van der Waals surface area contributed by atoms with Gasteiger partial charge in [-0.1, -0.05) is 34.9 Å². The molecular weight excluding hydrogens is 454 g/mol. The van der Waals surface area contributed by atoms with E-state index in [9.17, 15) is 14.0 Å². The smallest absolute Gasteiger partial charge is 0.481 e. The standard InChI is InChI=1S/C22H40O8P2/c1-7-28-22(17-29-32(26,27)30-31(23,24)25)21(6)16-10-15-20(5)14-9-13-19(4)12-8-11-18(2)3/h11,13,15H,7-10,12,14,16-17H2,1-6H3,(H,26,27)(H2,23,24,25). The first-order valence-corrected chi connectivity index (χ1v) is 13.8. The van der Waals surface area contributed by atoms with E-state index in [0.29, 0.717) is 18.8 Å². The number of hydrogen-bond donors (Lipinski definition) is 3. The SMILES string of the molecule is CCOC(COP(=O)(O)OP(=O)(O)O)=C(C)CCC=C(C)CCC=C(C)CCC=C(C)C. The van der Waals surface area contributed by atoms with Gasteiger partial charge in [0.05, 0.1) is 6.61 Å². The van der Waals surface area contributed by atoms with Crippen molar-refractivity contribution in [2.45, 2.75) is 80.1 Å². The minimum atomic E-state index is -5.15. The zero-order chi connectivity index (χ0) is 24.8. The number of rotatable bonds is 16. The summed E-state index contributed by atoms with van der Waals surface area (Å²) in [5, 5.41) is 0. The zero-order valence-corrected chi connectivity index (χ0v) is 22.0. The molecule has 32 heavy (non-hydrogen) atoms. The molecule has 0 aromatic heterocycles. The maximum atomic E-state index is 11.6. The Balaban J connectivity index is 4.68. The van der Waals surface area contributed by atoms with Gasteiger partial charge in [0.15, 0.2) is 0 Å². The quantitative estimate of drug-likeness (QED) is 0.123. The van der Waals surface area contributed by atoms with Crippen LogP contribution in [0, 0.1) is 0 Å². The molecule has 0 saturated carbocycles. The predicted molar refractivity (Wildman–Crippen MR) is 128 cm³/mol. The first-order chi connectivity index (χ1) is 14.8. The Kier molecular flexibility index (Phi) is 15.3. The molecule has 0 bridgehead atoms. The Morgan fingerprint density at radius 3 is 1.78 bits per heavy atom. The van der Waals surface area contributed by atoms with Gasteiger partial charge in [-0.2, -0.15) is 4.31 Å². The van der Waals surface area contributed by atoms with Gasteiger partial charge in [-0.25, -0.2) is 9.13 Å². The fourth-order valence-corrected chi connectivity index (χ4v) is 4.32. The summed E-state index contributed by atoms with van der Waals surface area (Å²) >= 11 is 0. The molecule has 0 fully saturated rings. The first kappa shape index (κ1) is 31.0. The molecule has 0 radical (unpaired) electrons. The molecule has 0 aliphatic rings. The molecule has 0 spiro atoms. The van der Waals surface area contributed by atoms with Crippen LogP contribution in [0.4, 0.5) is 0 Å². The summed E-state index contributed by atoms with van der Waals surface area (Å²) in [6.07, 6.45) is 12.3. The Morgan fingerprint density at radius 2 is 1.31 bits per heavy atom. The Morgan fingerprint density at radius 1 is 0.812 bits per heavy atom. The third-order valence-corrected chi connectivity index (χ3v) is 6.63. The number of phosphoric acid groups is 2. The van der Waals surface area contributed by atoms with Crippen molar-refractivity contribution < 1.29 is 37.4 Å². The van der Waals surface area contributed by atoms with Crippen LogP contribution in [0.25, 0.3) is 0 Å². The van der Waals surface area contributed by atoms with E-state index in [1.807, 2.05) is 6.92 Å². The Hall–Kier alpha value is -0.980. The Labute approximate surface area is 192 Å². The van der Waals surface area contributed by atoms with Gasteiger partial charge in [0, 0.05) is 0 Å². The van der Waals surface area contributed by atoms with E-state index in [4.69, 9.17) is 14.5 Å². The van der Waals surface area contributed by atoms with Crippen LogP contribution < -0.4 is 0 Å². The van der Waals surface area contributed by atoms with E-state index in [0.717, 1.165) is 37.7 Å². The normalized spacial score (nSPS) is 15.8. The molecule has 0 rings (SSSR count). The zero-order valence-electron chi connectivity index (χ0n) is 20.2. The highest BCUT2D eigenvalue weighted by molar-refractivity contribution is 7.60. The van der Waals surface area contributed by atoms with Crippen LogP contribution in [0.3, 0.4) is 0 Å². The molecule has 1 atom stereocenters. The van der Waals surface area contributed by atoms with Gasteiger partial charge in [0.2, 0.25) is 0 Å². The number of phosphoric ester groups is 1. The number of hydrogen-bond acceptors (Lipinski definition) is 5. The van der Waals surface area contributed by atoms with Crippen molar-refractivity contribution in [1.82, 2.24) is 0 Å². The summed E-state index contributed by atoms with van der Waals surface area (Å²) < 4.78 is 36.3. The third-order valence-electron chi connectivity index (χ3n) is 4.50. The maximum Gasteiger partial charge on any atom is 0.481 e. The number of ether oxygens (including phenoxy) is 1. The van der Waals surface area contributed by atoms with Crippen molar-refractivity contribution in [3.8, 4) is 0 Å². The molecule has 1 unspecified atom stereocenters. The molecule has 186 valence electrons. The molecule has 0 amide bonds. The summed E-state index contributed by atoms with van der Waals surface area (Å²) in [5.74, 6) is 0.345. The third kappa shape index (κ3) is 17.6. The van der Waals surface area contributed by atoms with E-state index in [2.05, 4.69) is 54.8 Å². The molecule has 0 aromatic carbocycles. The lowest BCUT2D eigenvalue weighted by atomic mass is 10.0. The lowest BCUT2D eigenvalue weighted by molar-refractivity contribution is 0.141. The van der Waals surface area contributed by atoms with Crippen molar-refractivity contribution in [2.24, 2.45) is 0 Å². The van der Waals surface area contributed by atoms with Crippen LogP contribution in [-0.4, -0.2) is 27.9 Å². The molecule has 10 heteroatoms. The minimum Gasteiger partial charge on any atom is -0.496 e. The van der Waals surface area contributed by atoms with Crippen molar-refractivity contribution in [3.63, 3.8) is 0 Å². The van der Waals surface area contributed by atoms with E-state index in [-0.39, 0.29) is 0 Å². The van der Waals surface area contributed by atoms with Crippen LogP contribution in [0.1, 0.15) is 80.1 Å². The predicted octanol–water partition coefficient (Wildman–Crippen LogP) is 6.72. The van der Waals surface area contributed by atoms with Crippen molar-refractivity contribution >= 4 is 15.6 Å². The van der Waals surface area contributed by atoms with Crippen molar-refractivity contribution in [3.05, 3.63) is 46.3 Å². The number of allylic oxidation sites excluding steroid dienone is 7. The van der Waals surface area contributed by atoms with Gasteiger partial charge in [0.25, 0.3) is 0 Å². The van der Waals surface area contributed by atoms with Gasteiger partial charge in [-0.15, -0.1) is 0 Å². The van der Waals surface area contributed by atoms with Gasteiger partial charge in [-0.3, -0.25) is 4.52 Å². The van der Waals surface area contributed by atoms with Crippen LogP contribution in [0.15, 0.2) is 46.3 Å². The second kappa shape index (κ2) is 15.8. The highest BCUT2D eigenvalue weighted by Crippen LogP contribution is 2.57. The van der Waals surface area contributed by atoms with Crippen molar-refractivity contribution in [2.75, 3.05) is 13.2 Å². The summed E-state index contributed by atoms with van der Waals surface area (Å²) in [6, 6.07) is 0. The van der Waals surface area contributed by atoms with Gasteiger partial charge in [0.1, 0.15) is 12.4 Å². The van der Waals surface area contributed by atoms with Crippen LogP contribution in [0.2, 0.25) is 0 Å². The van der Waals surface area contributed by atoms with Crippen LogP contribution in [-0.2, 0) is 22.7 Å². The van der Waals surface area contributed by atoms with E-state index >= 15 is 0 Å². The van der Waals surface area contributed by atoms with Gasteiger partial charge >= 0.3 is 15.6 Å². The van der Waals surface area contributed by atoms with E-state index in [1.165, 1.54) is 16.7 Å². The topological polar surface area (TPSA) is 123 Å². The second-order valence-electron chi connectivity index (χ2n) is 7.95. The molecule has 8 nitrogen and oxygen atoms in total. The highest BCUT2D eigenvalue weighted by Gasteiger charge is 2.32. The summed E-state index contributed by atoms with van der Waals surface area (Å²) in [6.45, 7) is 12.0. The lowest BCUT2D eigenvalue weighted by Crippen LogP contribution is -2.05. The van der Waals surface area contributed by atoms with E-state index in [1.54, 1.807) is 6.92 Å². The molecule has 0 saturated heterocycles. The average Bonchev–Trinajstić information content (AvgIpc) is 2.62. The van der Waals surface area contributed by atoms with Crippen molar-refractivity contribution in [1.29, 1.82) is 0 Å². The minimum absolute atomic E-state index is 0.319. The van der Waals surface area contributed by atoms with Crippen LogP contribution in [0.5, 0.6) is 0 Å². The summed E-state index contributed by atoms with van der Waals surface area (Å²) in [7, 11) is -10.1. The largest absolute Gasteiger partial charge is 0.496 e. The second-order valence-corrected chi connectivity index (χ2v) is 10.8. The first-order valence-electron chi connectivity index (χ1n) is 10.8. The summed E-state index contributed by atoms with van der Waals surface area (Å²) in [4.78, 5) is 26.8. The maximum absolute atomic E-state index is 11.6. The van der Waals surface area contributed by atoms with Crippen LogP contribution >= 0.6 is 15.6 Å². The van der Waals surface area contributed by atoms with Gasteiger partial charge < -0.3 is 19.4 Å². The van der Waals surface area contributed by atoms with Gasteiger partial charge in [-0.05, 0) is 85.6 Å². The molecule has 0 aliphatic heterocycles. The molecule has 0 aliphatic carbocycles.